The maximum atomic E-state index is 12.6. The first kappa shape index (κ1) is 21.3. The molecule has 0 aliphatic rings. The molecule has 0 unspecified atom stereocenters. The minimum absolute atomic E-state index is 0.134. The highest BCUT2D eigenvalue weighted by atomic mass is 32.1. The van der Waals surface area contributed by atoms with E-state index in [-0.39, 0.29) is 16.9 Å². The van der Waals surface area contributed by atoms with Crippen LogP contribution >= 0.6 is 12.2 Å². The number of aryl methyl sites for hydroxylation is 1. The van der Waals surface area contributed by atoms with Gasteiger partial charge in [-0.15, -0.1) is 0 Å². The first-order chi connectivity index (χ1) is 13.4. The van der Waals surface area contributed by atoms with Crippen molar-refractivity contribution in [1.82, 2.24) is 5.32 Å². The molecule has 2 rings (SSSR count). The molecule has 0 fully saturated rings. The SMILES string of the molecule is COCCOc1ccccc1C(=O)NC(=S)Nc1ccc(C)c(NC(C)=O)c1. The Kier molecular flexibility index (Phi) is 7.91. The van der Waals surface area contributed by atoms with Gasteiger partial charge >= 0.3 is 0 Å². The van der Waals surface area contributed by atoms with Crippen molar-refractivity contribution in [2.24, 2.45) is 0 Å². The average Bonchev–Trinajstić information content (AvgIpc) is 2.64. The molecule has 0 radical (unpaired) electrons. The van der Waals surface area contributed by atoms with Gasteiger partial charge in [0, 0.05) is 25.4 Å². The normalized spacial score (nSPS) is 10.1. The van der Waals surface area contributed by atoms with Crippen molar-refractivity contribution < 1.29 is 19.1 Å². The largest absolute Gasteiger partial charge is 0.490 e. The van der Waals surface area contributed by atoms with Crippen LogP contribution in [0, 0.1) is 6.92 Å². The summed E-state index contributed by atoms with van der Waals surface area (Å²) >= 11 is 5.23. The fraction of sp³-hybridized carbons (Fsp3) is 0.250. The highest BCUT2D eigenvalue weighted by Gasteiger charge is 2.14. The van der Waals surface area contributed by atoms with Crippen molar-refractivity contribution >= 4 is 40.5 Å². The lowest BCUT2D eigenvalue weighted by Gasteiger charge is -2.14. The molecule has 148 valence electrons. The van der Waals surface area contributed by atoms with Crippen LogP contribution in [0.15, 0.2) is 42.5 Å². The number of hydrogen-bond donors (Lipinski definition) is 3. The van der Waals surface area contributed by atoms with E-state index in [9.17, 15) is 9.59 Å². The number of anilines is 2. The van der Waals surface area contributed by atoms with Crippen molar-refractivity contribution in [1.29, 1.82) is 0 Å². The topological polar surface area (TPSA) is 88.7 Å². The highest BCUT2D eigenvalue weighted by Crippen LogP contribution is 2.21. The number of ether oxygens (including phenoxy) is 2. The zero-order valence-electron chi connectivity index (χ0n) is 16.0. The predicted molar refractivity (Wildman–Crippen MR) is 113 cm³/mol. The Morgan fingerprint density at radius 2 is 1.82 bits per heavy atom. The van der Waals surface area contributed by atoms with Gasteiger partial charge in [0.1, 0.15) is 12.4 Å². The van der Waals surface area contributed by atoms with E-state index in [1.807, 2.05) is 13.0 Å². The maximum Gasteiger partial charge on any atom is 0.261 e. The van der Waals surface area contributed by atoms with Crippen LogP contribution in [-0.2, 0) is 9.53 Å². The number of carbonyl (C=O) groups excluding carboxylic acids is 2. The smallest absolute Gasteiger partial charge is 0.261 e. The van der Waals surface area contributed by atoms with E-state index in [2.05, 4.69) is 16.0 Å². The number of para-hydroxylation sites is 1. The Morgan fingerprint density at radius 3 is 2.54 bits per heavy atom. The molecule has 2 amide bonds. The molecule has 2 aromatic carbocycles. The van der Waals surface area contributed by atoms with E-state index in [1.165, 1.54) is 6.92 Å². The highest BCUT2D eigenvalue weighted by molar-refractivity contribution is 7.80. The molecule has 0 spiro atoms. The second-order valence-electron chi connectivity index (χ2n) is 5.96. The fourth-order valence-corrected chi connectivity index (χ4v) is 2.58. The zero-order chi connectivity index (χ0) is 20.5. The molecular formula is C20H23N3O4S. The minimum Gasteiger partial charge on any atom is -0.490 e. The molecule has 0 heterocycles. The van der Waals surface area contributed by atoms with E-state index in [1.54, 1.807) is 43.5 Å². The summed E-state index contributed by atoms with van der Waals surface area (Å²) in [4.78, 5) is 23.9. The number of thiocarbonyl (C=S) groups is 1. The molecular weight excluding hydrogens is 378 g/mol. The number of hydrogen-bond acceptors (Lipinski definition) is 5. The van der Waals surface area contributed by atoms with Crippen LogP contribution < -0.4 is 20.7 Å². The monoisotopic (exact) mass is 401 g/mol. The van der Waals surface area contributed by atoms with Crippen LogP contribution in [0.4, 0.5) is 11.4 Å². The summed E-state index contributed by atoms with van der Waals surface area (Å²) in [7, 11) is 1.58. The second-order valence-corrected chi connectivity index (χ2v) is 6.36. The number of rotatable bonds is 7. The molecule has 8 heteroatoms. The van der Waals surface area contributed by atoms with E-state index in [0.717, 1.165) is 5.56 Å². The van der Waals surface area contributed by atoms with Gasteiger partial charge in [-0.05, 0) is 49.0 Å². The van der Waals surface area contributed by atoms with Gasteiger partial charge in [0.15, 0.2) is 5.11 Å². The van der Waals surface area contributed by atoms with Crippen LogP contribution in [0.25, 0.3) is 0 Å². The van der Waals surface area contributed by atoms with Gasteiger partial charge in [-0.1, -0.05) is 18.2 Å². The summed E-state index contributed by atoms with van der Waals surface area (Å²) in [6.45, 7) is 4.07. The molecule has 0 saturated carbocycles. The van der Waals surface area contributed by atoms with Crippen LogP contribution in [-0.4, -0.2) is 37.3 Å². The third kappa shape index (κ3) is 6.33. The summed E-state index contributed by atoms with van der Waals surface area (Å²) in [5, 5.41) is 8.46. The third-order valence-corrected chi connectivity index (χ3v) is 3.91. The molecule has 0 bridgehead atoms. The van der Waals surface area contributed by atoms with Gasteiger partial charge in [0.05, 0.1) is 12.2 Å². The summed E-state index contributed by atoms with van der Waals surface area (Å²) in [6.07, 6.45) is 0. The Bertz CT molecular complexity index is 870. The van der Waals surface area contributed by atoms with Crippen molar-refractivity contribution in [3.8, 4) is 5.75 Å². The molecule has 3 N–H and O–H groups in total. The molecule has 0 aromatic heterocycles. The average molecular weight is 401 g/mol. The third-order valence-electron chi connectivity index (χ3n) is 3.71. The number of carbonyl (C=O) groups is 2. The second kappa shape index (κ2) is 10.4. The standard InChI is InChI=1S/C20H23N3O4S/c1-13-8-9-15(12-17(13)21-14(2)24)22-20(28)23-19(25)16-6-4-5-7-18(16)27-11-10-26-3/h4-9,12H,10-11H2,1-3H3,(H,21,24)(H2,22,23,25,28). The van der Waals surface area contributed by atoms with Gasteiger partial charge in [-0.3, -0.25) is 14.9 Å². The van der Waals surface area contributed by atoms with Crippen molar-refractivity contribution in [3.05, 3.63) is 53.6 Å². The van der Waals surface area contributed by atoms with Crippen LogP contribution in [0.1, 0.15) is 22.8 Å². The quantitative estimate of drug-likeness (QED) is 0.488. The van der Waals surface area contributed by atoms with Crippen molar-refractivity contribution in [2.45, 2.75) is 13.8 Å². The Balaban J connectivity index is 2.04. The van der Waals surface area contributed by atoms with E-state index in [0.29, 0.717) is 35.9 Å². The van der Waals surface area contributed by atoms with Crippen LogP contribution in [0.5, 0.6) is 5.75 Å². The molecule has 0 aliphatic carbocycles. The minimum atomic E-state index is -0.389. The fourth-order valence-electron chi connectivity index (χ4n) is 2.37. The Hall–Kier alpha value is -2.97. The lowest BCUT2D eigenvalue weighted by atomic mass is 10.1. The number of benzene rings is 2. The number of nitrogens with one attached hydrogen (secondary N) is 3. The zero-order valence-corrected chi connectivity index (χ0v) is 16.8. The van der Waals surface area contributed by atoms with Gasteiger partial charge in [-0.2, -0.15) is 0 Å². The van der Waals surface area contributed by atoms with E-state index in [4.69, 9.17) is 21.7 Å². The van der Waals surface area contributed by atoms with E-state index >= 15 is 0 Å². The number of amides is 2. The molecule has 2 aromatic rings. The number of methoxy groups -OCH3 is 1. The molecule has 0 aliphatic heterocycles. The van der Waals surface area contributed by atoms with E-state index < -0.39 is 0 Å². The predicted octanol–water partition coefficient (Wildman–Crippen LogP) is 3.11. The van der Waals surface area contributed by atoms with Crippen molar-refractivity contribution in [2.75, 3.05) is 31.0 Å². The lowest BCUT2D eigenvalue weighted by molar-refractivity contribution is -0.114. The van der Waals surface area contributed by atoms with Crippen LogP contribution in [0.2, 0.25) is 0 Å². The summed E-state index contributed by atoms with van der Waals surface area (Å²) in [5.74, 6) is -0.107. The van der Waals surface area contributed by atoms with Crippen molar-refractivity contribution in [3.63, 3.8) is 0 Å². The summed E-state index contributed by atoms with van der Waals surface area (Å²) in [5.41, 5.74) is 2.59. The Labute approximate surface area is 169 Å². The van der Waals surface area contributed by atoms with Crippen LogP contribution in [0.3, 0.4) is 0 Å². The van der Waals surface area contributed by atoms with Gasteiger partial charge in [0.25, 0.3) is 5.91 Å². The molecule has 0 atom stereocenters. The first-order valence-electron chi connectivity index (χ1n) is 8.62. The summed E-state index contributed by atoms with van der Waals surface area (Å²) in [6, 6.07) is 12.3. The first-order valence-corrected chi connectivity index (χ1v) is 9.03. The molecule has 0 saturated heterocycles. The molecule has 7 nitrogen and oxygen atoms in total. The maximum absolute atomic E-state index is 12.6. The Morgan fingerprint density at radius 1 is 1.07 bits per heavy atom. The molecule has 28 heavy (non-hydrogen) atoms. The van der Waals surface area contributed by atoms with Gasteiger partial charge < -0.3 is 20.1 Å². The van der Waals surface area contributed by atoms with Gasteiger partial charge in [-0.25, -0.2) is 0 Å². The lowest BCUT2D eigenvalue weighted by Crippen LogP contribution is -2.34. The van der Waals surface area contributed by atoms with Gasteiger partial charge in [0.2, 0.25) is 5.91 Å². The summed E-state index contributed by atoms with van der Waals surface area (Å²) < 4.78 is 10.5.